The lowest BCUT2D eigenvalue weighted by Crippen LogP contribution is -2.69. The number of rotatable bonds is 14. The first-order chi connectivity index (χ1) is 33.0. The number of fused-ring (bicyclic) bond motifs is 1. The van der Waals surface area contributed by atoms with Crippen molar-refractivity contribution in [3.8, 4) is 11.5 Å². The second kappa shape index (κ2) is 21.5. The molecule has 70 heavy (non-hydrogen) atoms. The third-order valence-corrected chi connectivity index (χ3v) is 24.2. The minimum absolute atomic E-state index is 0.0619. The molecule has 14 heteroatoms. The maximum Gasteiger partial charge on any atom is 0.349 e. The van der Waals surface area contributed by atoms with Crippen molar-refractivity contribution in [2.24, 2.45) is 5.92 Å². The normalized spacial score (nSPS) is 26.0. The minimum Gasteiger partial charge on any atom is -0.497 e. The van der Waals surface area contributed by atoms with Gasteiger partial charge < -0.3 is 41.7 Å². The zero-order valence-electron chi connectivity index (χ0n) is 43.1. The number of carbonyl (C=O) groups is 3. The molecule has 2 aliphatic heterocycles. The van der Waals surface area contributed by atoms with Crippen LogP contribution in [0.25, 0.3) is 0 Å². The second-order valence-corrected chi connectivity index (χ2v) is 32.1. The molecule has 0 radical (unpaired) electrons. The summed E-state index contributed by atoms with van der Waals surface area (Å²) in [6.07, 6.45) is -3.98. The average Bonchev–Trinajstić information content (AvgIpc) is 3.32. The first kappa shape index (κ1) is 53.0. The Labute approximate surface area is 417 Å². The van der Waals surface area contributed by atoms with Crippen molar-refractivity contribution in [3.63, 3.8) is 0 Å². The van der Waals surface area contributed by atoms with Gasteiger partial charge in [0.05, 0.1) is 42.6 Å². The summed E-state index contributed by atoms with van der Waals surface area (Å²) in [6.45, 7) is 25.0. The van der Waals surface area contributed by atoms with Crippen molar-refractivity contribution in [2.75, 3.05) is 13.7 Å². The SMILES string of the molecule is COc1ccc(O[C@@H]2C[C@H](CC[C@@H]3C[C@@H](O[Si](C)(C)C(C)(C)C)[C@@H]4O[Si](C(C)(C)C)(C(C)(C)C)OC[C@H]4O3)[C@@H](OC(=O)c3ccccc3)[C@H](OC(=O)c3ccccc3)[C@H]2OC(=O)c2ccccc2)cc1. The topological polar surface area (TPSA) is 134 Å². The van der Waals surface area contributed by atoms with E-state index in [4.69, 9.17) is 41.7 Å². The zero-order chi connectivity index (χ0) is 50.6. The quantitative estimate of drug-likeness (QED) is 0.0676. The Hall–Kier alpha value is -4.84. The third kappa shape index (κ3) is 11.9. The molecule has 378 valence electrons. The van der Waals surface area contributed by atoms with Gasteiger partial charge in [-0.05, 0) is 98.1 Å². The van der Waals surface area contributed by atoms with Gasteiger partial charge in [0.15, 0.2) is 20.5 Å². The summed E-state index contributed by atoms with van der Waals surface area (Å²) in [5.41, 5.74) is 0.887. The highest BCUT2D eigenvalue weighted by Crippen LogP contribution is 2.56. The lowest BCUT2D eigenvalue weighted by molar-refractivity contribution is -0.202. The number of benzene rings is 4. The maximum atomic E-state index is 14.3. The Bertz CT molecular complexity index is 2350. The van der Waals surface area contributed by atoms with E-state index in [2.05, 4.69) is 75.4 Å². The number of methoxy groups -OCH3 is 1. The monoisotopic (exact) mass is 994 g/mol. The minimum atomic E-state index is -2.90. The summed E-state index contributed by atoms with van der Waals surface area (Å²) >= 11 is 0. The van der Waals surface area contributed by atoms with E-state index >= 15 is 0 Å². The van der Waals surface area contributed by atoms with Gasteiger partial charge >= 0.3 is 26.5 Å². The predicted octanol–water partition coefficient (Wildman–Crippen LogP) is 11.9. The van der Waals surface area contributed by atoms with Crippen molar-refractivity contribution in [3.05, 3.63) is 132 Å². The molecule has 0 bridgehead atoms. The molecular weight excluding hydrogens is 921 g/mol. The first-order valence-corrected chi connectivity index (χ1v) is 29.5. The Kier molecular flexibility index (Phi) is 16.3. The standard InChI is InChI=1S/C56H74O12Si2/c1-54(2,3)69(11,12)67-45-35-43(63-46-36-61-70(55(4,5)6,56(7,8)9)68-48(45)46)29-28-40-34-44(62-42-32-30-41(60-10)31-33-42)49(65-52(58)38-24-18-14-19-25-38)50(66-53(59)39-26-20-15-21-27-39)47(40)64-51(57)37-22-16-13-17-23-37/h13-27,30-33,40,43-50H,28-29,34-36H2,1-12H3/t40-,43+,44+,45+,46+,47+,48-,49-,50-/m0/s1. The van der Waals surface area contributed by atoms with Gasteiger partial charge in [-0.2, -0.15) is 0 Å². The van der Waals surface area contributed by atoms with Gasteiger partial charge in [0.2, 0.25) is 0 Å². The third-order valence-electron chi connectivity index (χ3n) is 14.6. The predicted molar refractivity (Wildman–Crippen MR) is 273 cm³/mol. The lowest BCUT2D eigenvalue weighted by Gasteiger charge is -2.58. The summed E-state index contributed by atoms with van der Waals surface area (Å²) in [5.74, 6) is -1.31. The number of carbonyl (C=O) groups excluding carboxylic acids is 3. The first-order valence-electron chi connectivity index (χ1n) is 24.7. The second-order valence-electron chi connectivity index (χ2n) is 22.6. The van der Waals surface area contributed by atoms with Crippen molar-refractivity contribution in [1.82, 2.24) is 0 Å². The van der Waals surface area contributed by atoms with Crippen LogP contribution in [0, 0.1) is 5.92 Å². The van der Waals surface area contributed by atoms with Crippen molar-refractivity contribution >= 4 is 34.8 Å². The van der Waals surface area contributed by atoms with Crippen LogP contribution in [0.3, 0.4) is 0 Å². The highest BCUT2D eigenvalue weighted by Gasteiger charge is 2.64. The van der Waals surface area contributed by atoms with E-state index in [1.807, 2.05) is 6.07 Å². The van der Waals surface area contributed by atoms with Crippen LogP contribution in [-0.2, 0) is 32.2 Å². The van der Waals surface area contributed by atoms with Gasteiger partial charge in [0, 0.05) is 22.4 Å². The van der Waals surface area contributed by atoms with Gasteiger partial charge in [0.25, 0.3) is 0 Å². The molecule has 1 aliphatic carbocycles. The van der Waals surface area contributed by atoms with Crippen LogP contribution in [0.1, 0.15) is 119 Å². The van der Waals surface area contributed by atoms with E-state index in [-0.39, 0.29) is 51.5 Å². The fraction of sp³-hybridized carbons (Fsp3) is 0.518. The summed E-state index contributed by atoms with van der Waals surface area (Å²) < 4.78 is 60.4. The van der Waals surface area contributed by atoms with Crippen LogP contribution >= 0.6 is 0 Å². The summed E-state index contributed by atoms with van der Waals surface area (Å²) in [6, 6.07) is 33.0. The largest absolute Gasteiger partial charge is 0.497 e. The van der Waals surface area contributed by atoms with Gasteiger partial charge in [0.1, 0.15) is 35.9 Å². The number of esters is 3. The van der Waals surface area contributed by atoms with Crippen LogP contribution < -0.4 is 9.47 Å². The molecule has 3 fully saturated rings. The molecule has 4 aromatic carbocycles. The molecule has 9 atom stereocenters. The molecule has 7 rings (SSSR count). The molecule has 0 aromatic heterocycles. The molecule has 12 nitrogen and oxygen atoms in total. The van der Waals surface area contributed by atoms with Crippen LogP contribution in [0.2, 0.25) is 28.2 Å². The number of ether oxygens (including phenoxy) is 6. The molecular formula is C56H74O12Si2. The number of hydrogen-bond donors (Lipinski definition) is 0. The molecule has 0 amide bonds. The highest BCUT2D eigenvalue weighted by atomic mass is 28.4. The van der Waals surface area contributed by atoms with E-state index in [1.54, 1.807) is 116 Å². The average molecular weight is 995 g/mol. The smallest absolute Gasteiger partial charge is 0.349 e. The molecule has 4 aromatic rings. The highest BCUT2D eigenvalue weighted by molar-refractivity contribution is 6.74. The Morgan fingerprint density at radius 2 is 1.07 bits per heavy atom. The molecule has 0 unspecified atom stereocenters. The van der Waals surface area contributed by atoms with E-state index in [0.717, 1.165) is 0 Å². The molecule has 1 saturated carbocycles. The van der Waals surface area contributed by atoms with Crippen LogP contribution in [0.15, 0.2) is 115 Å². The van der Waals surface area contributed by atoms with Crippen molar-refractivity contribution in [2.45, 2.75) is 165 Å². The number of hydrogen-bond acceptors (Lipinski definition) is 12. The molecule has 0 spiro atoms. The fourth-order valence-electron chi connectivity index (χ4n) is 10.1. The van der Waals surface area contributed by atoms with Gasteiger partial charge in [-0.1, -0.05) is 117 Å². The van der Waals surface area contributed by atoms with Crippen LogP contribution in [-0.4, -0.2) is 97.3 Å². The van der Waals surface area contributed by atoms with E-state index in [1.165, 1.54) is 0 Å². The lowest BCUT2D eigenvalue weighted by atomic mass is 9.77. The Balaban J connectivity index is 1.27. The fourth-order valence-corrected chi connectivity index (χ4v) is 16.4. The Morgan fingerprint density at radius 3 is 1.54 bits per heavy atom. The molecule has 0 N–H and O–H groups in total. The van der Waals surface area contributed by atoms with Crippen LogP contribution in [0.4, 0.5) is 0 Å². The van der Waals surface area contributed by atoms with Gasteiger partial charge in [-0.3, -0.25) is 0 Å². The summed E-state index contributed by atoms with van der Waals surface area (Å²) in [7, 11) is -3.65. The summed E-state index contributed by atoms with van der Waals surface area (Å²) in [4.78, 5) is 42.7. The van der Waals surface area contributed by atoms with Gasteiger partial charge in [-0.25, -0.2) is 14.4 Å². The summed E-state index contributed by atoms with van der Waals surface area (Å²) in [5, 5.41) is -0.534. The van der Waals surface area contributed by atoms with Crippen molar-refractivity contribution in [1.29, 1.82) is 0 Å². The van der Waals surface area contributed by atoms with Gasteiger partial charge in [-0.15, -0.1) is 0 Å². The van der Waals surface area contributed by atoms with E-state index < -0.39 is 65.1 Å². The Morgan fingerprint density at radius 1 is 0.600 bits per heavy atom. The van der Waals surface area contributed by atoms with E-state index in [9.17, 15) is 14.4 Å². The van der Waals surface area contributed by atoms with Crippen LogP contribution in [0.5, 0.6) is 11.5 Å². The molecule has 2 saturated heterocycles. The molecule has 2 heterocycles. The molecule has 3 aliphatic rings. The van der Waals surface area contributed by atoms with Crippen molar-refractivity contribution < 1.29 is 56.1 Å². The van der Waals surface area contributed by atoms with E-state index in [0.29, 0.717) is 48.5 Å². The zero-order valence-corrected chi connectivity index (χ0v) is 45.1. The maximum absolute atomic E-state index is 14.3.